The molecule has 2 heteroatoms. The van der Waals surface area contributed by atoms with Crippen molar-refractivity contribution < 1.29 is 0 Å². The maximum Gasteiger partial charge on any atom is 0.160 e. The van der Waals surface area contributed by atoms with Crippen molar-refractivity contribution in [3.05, 3.63) is 185 Å². The normalized spacial score (nSPS) is 24.5. The van der Waals surface area contributed by atoms with Gasteiger partial charge in [-0.15, -0.1) is 0 Å². The quantitative estimate of drug-likeness (QED) is 0.178. The van der Waals surface area contributed by atoms with Crippen LogP contribution in [-0.2, 0) is 0 Å². The molecule has 3 fully saturated rings. The molecule has 7 aliphatic carbocycles. The summed E-state index contributed by atoms with van der Waals surface area (Å²) in [5, 5.41) is 0. The highest BCUT2D eigenvalue weighted by molar-refractivity contribution is 5.79. The molecule has 0 N–H and O–H groups in total. The Balaban J connectivity index is 0.886. The SMILES string of the molecule is C1=CC2C(C=C1c1ccc(-c3cc(-c4ccc(-c5ccccc5)cc4)nc(-c4ccccc4)n3)cc1)C1CC3=C(C=C1C21CCCCC1)C1=CCCC=C1C31CCCCC1. The van der Waals surface area contributed by atoms with Crippen LogP contribution < -0.4 is 0 Å². The van der Waals surface area contributed by atoms with Gasteiger partial charge in [-0.2, -0.15) is 0 Å². The molecule has 0 saturated heterocycles. The minimum absolute atomic E-state index is 0.305. The minimum Gasteiger partial charge on any atom is -0.228 e. The lowest BCUT2D eigenvalue weighted by molar-refractivity contribution is 0.184. The smallest absolute Gasteiger partial charge is 0.160 e. The zero-order chi connectivity index (χ0) is 39.7. The van der Waals surface area contributed by atoms with Gasteiger partial charge in [0.2, 0.25) is 0 Å². The zero-order valence-electron chi connectivity index (χ0n) is 34.8. The van der Waals surface area contributed by atoms with E-state index in [1.807, 2.05) is 11.1 Å². The average Bonchev–Trinajstić information content (AvgIpc) is 3.73. The molecule has 60 heavy (non-hydrogen) atoms. The van der Waals surface area contributed by atoms with E-state index in [0.717, 1.165) is 33.9 Å². The third-order valence-electron chi connectivity index (χ3n) is 15.9. The fourth-order valence-electron chi connectivity index (χ4n) is 13.2. The van der Waals surface area contributed by atoms with Crippen molar-refractivity contribution in [2.75, 3.05) is 0 Å². The lowest BCUT2D eigenvalue weighted by atomic mass is 9.62. The molecular formula is C58H54N2. The van der Waals surface area contributed by atoms with Crippen LogP contribution in [0.3, 0.4) is 0 Å². The molecule has 0 bridgehead atoms. The minimum atomic E-state index is 0.305. The summed E-state index contributed by atoms with van der Waals surface area (Å²) in [5.41, 5.74) is 19.6. The fourth-order valence-corrected chi connectivity index (χ4v) is 13.2. The molecule has 3 saturated carbocycles. The van der Waals surface area contributed by atoms with E-state index < -0.39 is 0 Å². The van der Waals surface area contributed by atoms with Crippen molar-refractivity contribution in [3.8, 4) is 45.0 Å². The number of nitrogens with zero attached hydrogens (tertiary/aromatic N) is 2. The van der Waals surface area contributed by atoms with E-state index in [2.05, 4.69) is 152 Å². The number of rotatable bonds is 5. The lowest BCUT2D eigenvalue weighted by Gasteiger charge is -2.42. The largest absolute Gasteiger partial charge is 0.228 e. The summed E-state index contributed by atoms with van der Waals surface area (Å²) < 4.78 is 0. The van der Waals surface area contributed by atoms with E-state index in [1.54, 1.807) is 16.7 Å². The second-order valence-electron chi connectivity index (χ2n) is 18.9. The highest BCUT2D eigenvalue weighted by atomic mass is 14.9. The molecule has 4 aromatic carbocycles. The van der Waals surface area contributed by atoms with Gasteiger partial charge in [0, 0.05) is 22.1 Å². The van der Waals surface area contributed by atoms with Gasteiger partial charge in [0.15, 0.2) is 5.82 Å². The summed E-state index contributed by atoms with van der Waals surface area (Å²) in [6.07, 6.45) is 33.5. The fraction of sp³-hybridized carbons (Fsp3) is 0.310. The summed E-state index contributed by atoms with van der Waals surface area (Å²) >= 11 is 0. The second kappa shape index (κ2) is 14.5. The van der Waals surface area contributed by atoms with E-state index in [4.69, 9.17) is 9.97 Å². The predicted molar refractivity (Wildman–Crippen MR) is 248 cm³/mol. The number of hydrogen-bond acceptors (Lipinski definition) is 2. The molecule has 296 valence electrons. The van der Waals surface area contributed by atoms with Crippen LogP contribution in [0.4, 0.5) is 0 Å². The molecular weight excluding hydrogens is 725 g/mol. The molecule has 12 rings (SSSR count). The highest BCUT2D eigenvalue weighted by Crippen LogP contribution is 2.70. The van der Waals surface area contributed by atoms with Crippen molar-refractivity contribution in [2.45, 2.75) is 83.5 Å². The molecule has 0 amide bonds. The maximum atomic E-state index is 5.17. The zero-order valence-corrected chi connectivity index (χ0v) is 34.8. The Morgan fingerprint density at radius 3 is 1.82 bits per heavy atom. The van der Waals surface area contributed by atoms with Crippen LogP contribution in [0.5, 0.6) is 0 Å². The summed E-state index contributed by atoms with van der Waals surface area (Å²) in [4.78, 5) is 10.3. The predicted octanol–water partition coefficient (Wildman–Crippen LogP) is 15.1. The Morgan fingerprint density at radius 1 is 0.550 bits per heavy atom. The van der Waals surface area contributed by atoms with Gasteiger partial charge in [0.25, 0.3) is 0 Å². The van der Waals surface area contributed by atoms with Gasteiger partial charge in [0.1, 0.15) is 0 Å². The number of benzene rings is 4. The molecule has 3 atom stereocenters. The highest BCUT2D eigenvalue weighted by Gasteiger charge is 2.59. The Bertz CT molecular complexity index is 2650. The number of fused-ring (bicyclic) bond motifs is 9. The molecule has 2 nitrogen and oxygen atoms in total. The van der Waals surface area contributed by atoms with Crippen molar-refractivity contribution in [1.29, 1.82) is 0 Å². The monoisotopic (exact) mass is 778 g/mol. The van der Waals surface area contributed by atoms with Crippen LogP contribution in [0, 0.1) is 28.6 Å². The van der Waals surface area contributed by atoms with Gasteiger partial charge in [0.05, 0.1) is 11.4 Å². The van der Waals surface area contributed by atoms with Crippen LogP contribution in [-0.4, -0.2) is 9.97 Å². The number of allylic oxidation sites excluding steroid dienone is 12. The Hall–Kier alpha value is -5.60. The Labute approximate surface area is 356 Å². The first kappa shape index (κ1) is 36.3. The van der Waals surface area contributed by atoms with Crippen LogP contribution in [0.25, 0.3) is 50.6 Å². The van der Waals surface area contributed by atoms with E-state index in [9.17, 15) is 0 Å². The lowest BCUT2D eigenvalue weighted by Crippen LogP contribution is -2.31. The number of hydrogen-bond donors (Lipinski definition) is 0. The standard InChI is InChI=1S/C58H54N2/c1-5-15-39(16-6-1)40-21-25-42(26-22-40)54-38-55(60-56(59-54)44-17-7-2-8-18-44)43-27-23-41(24-28-43)45-29-30-51-47(35-45)49-37-52-48(36-53(49)58(51)33-13-4-14-34-58)46-19-9-10-20-50(46)57(52)31-11-3-12-32-57/h1-2,5-8,15-30,35-36,38,47,49,51H,3-4,9-14,31-34,37H2. The number of aromatic nitrogens is 2. The molecule has 0 radical (unpaired) electrons. The third kappa shape index (κ3) is 5.81. The molecule has 2 spiro atoms. The van der Waals surface area contributed by atoms with Crippen molar-refractivity contribution in [3.63, 3.8) is 0 Å². The second-order valence-corrected chi connectivity index (χ2v) is 18.9. The topological polar surface area (TPSA) is 25.8 Å². The van der Waals surface area contributed by atoms with Gasteiger partial charge >= 0.3 is 0 Å². The van der Waals surface area contributed by atoms with Gasteiger partial charge < -0.3 is 0 Å². The van der Waals surface area contributed by atoms with Crippen molar-refractivity contribution >= 4 is 5.57 Å². The van der Waals surface area contributed by atoms with Gasteiger partial charge in [-0.25, -0.2) is 9.97 Å². The summed E-state index contributed by atoms with van der Waals surface area (Å²) in [7, 11) is 0. The molecule has 1 aromatic heterocycles. The van der Waals surface area contributed by atoms with Crippen molar-refractivity contribution in [2.24, 2.45) is 28.6 Å². The van der Waals surface area contributed by atoms with Crippen LogP contribution in [0.2, 0.25) is 0 Å². The Morgan fingerprint density at radius 2 is 1.13 bits per heavy atom. The van der Waals surface area contributed by atoms with Crippen LogP contribution in [0.1, 0.15) is 89.0 Å². The molecule has 0 aliphatic heterocycles. The first-order valence-electron chi connectivity index (χ1n) is 23.2. The van der Waals surface area contributed by atoms with Crippen molar-refractivity contribution in [1.82, 2.24) is 9.97 Å². The van der Waals surface area contributed by atoms with E-state index >= 15 is 0 Å². The van der Waals surface area contributed by atoms with Gasteiger partial charge in [-0.3, -0.25) is 0 Å². The molecule has 7 aliphatic rings. The van der Waals surface area contributed by atoms with E-state index in [0.29, 0.717) is 28.6 Å². The third-order valence-corrected chi connectivity index (χ3v) is 15.9. The van der Waals surface area contributed by atoms with Gasteiger partial charge in [-0.05, 0) is 113 Å². The molecule has 1 heterocycles. The average molecular weight is 779 g/mol. The van der Waals surface area contributed by atoms with Crippen LogP contribution >= 0.6 is 0 Å². The van der Waals surface area contributed by atoms with Gasteiger partial charge in [-0.1, -0.05) is 195 Å². The van der Waals surface area contributed by atoms with E-state index in [-0.39, 0.29) is 0 Å². The van der Waals surface area contributed by atoms with E-state index in [1.165, 1.54) is 106 Å². The molecule has 5 aromatic rings. The summed E-state index contributed by atoms with van der Waals surface area (Å²) in [6, 6.07) is 41.1. The van der Waals surface area contributed by atoms with Crippen LogP contribution in [0.15, 0.2) is 180 Å². The Kier molecular flexibility index (Phi) is 8.79. The summed E-state index contributed by atoms with van der Waals surface area (Å²) in [6.45, 7) is 0. The first-order chi connectivity index (χ1) is 29.7. The maximum absolute atomic E-state index is 5.17. The molecule has 3 unspecified atom stereocenters. The first-order valence-corrected chi connectivity index (χ1v) is 23.2. The summed E-state index contributed by atoms with van der Waals surface area (Å²) in [5.74, 6) is 2.52.